The molecule has 1 amide bonds. The van der Waals surface area contributed by atoms with Gasteiger partial charge in [0.2, 0.25) is 5.82 Å². The zero-order valence-electron chi connectivity index (χ0n) is 14.4. The monoisotopic (exact) mass is 348 g/mol. The molecule has 1 aliphatic heterocycles. The Morgan fingerprint density at radius 3 is 2.58 bits per heavy atom. The van der Waals surface area contributed by atoms with Gasteiger partial charge in [-0.05, 0) is 60.9 Å². The molecule has 1 aromatic heterocycles. The largest absolute Gasteiger partial charge is 0.372 e. The van der Waals surface area contributed by atoms with E-state index in [9.17, 15) is 4.79 Å². The van der Waals surface area contributed by atoms with Crippen LogP contribution in [0.25, 0.3) is 11.4 Å². The number of rotatable bonds is 4. The predicted molar refractivity (Wildman–Crippen MR) is 100 cm³/mol. The molecule has 2 N–H and O–H groups in total. The fourth-order valence-corrected chi connectivity index (χ4v) is 3.19. The lowest BCUT2D eigenvalue weighted by atomic mass is 10.1. The van der Waals surface area contributed by atoms with E-state index in [4.69, 9.17) is 0 Å². The fourth-order valence-electron chi connectivity index (χ4n) is 3.19. The van der Waals surface area contributed by atoms with Crippen molar-refractivity contribution >= 4 is 17.3 Å². The van der Waals surface area contributed by atoms with Gasteiger partial charge < -0.3 is 10.2 Å². The third kappa shape index (κ3) is 3.56. The standard InChI is InChI=1S/C19H20N6O/c26-19(15-6-4-5-14(13-15)18-21-23-24-22-18)20-16-7-9-17(10-8-16)25-11-2-1-3-12-25/h4-10,13H,1-3,11-12H2,(H,20,26)(H,21,22,23,24). The van der Waals surface area contributed by atoms with E-state index in [1.807, 2.05) is 18.2 Å². The minimum Gasteiger partial charge on any atom is -0.372 e. The number of hydrogen-bond acceptors (Lipinski definition) is 5. The fraction of sp³-hybridized carbons (Fsp3) is 0.263. The maximum atomic E-state index is 12.5. The van der Waals surface area contributed by atoms with Gasteiger partial charge in [0.1, 0.15) is 0 Å². The minimum atomic E-state index is -0.166. The Labute approximate surface area is 151 Å². The molecule has 0 unspecified atom stereocenters. The second-order valence-corrected chi connectivity index (χ2v) is 6.36. The molecule has 0 aliphatic carbocycles. The van der Waals surface area contributed by atoms with E-state index >= 15 is 0 Å². The van der Waals surface area contributed by atoms with Crippen LogP contribution in [-0.2, 0) is 0 Å². The molecule has 2 heterocycles. The summed E-state index contributed by atoms with van der Waals surface area (Å²) >= 11 is 0. The topological polar surface area (TPSA) is 86.8 Å². The SMILES string of the molecule is O=C(Nc1ccc(N2CCCCC2)cc1)c1cccc(-c2nn[nH]n2)c1. The lowest BCUT2D eigenvalue weighted by Crippen LogP contribution is -2.29. The van der Waals surface area contributed by atoms with Crippen LogP contribution in [0, 0.1) is 0 Å². The molecule has 1 fully saturated rings. The summed E-state index contributed by atoms with van der Waals surface area (Å²) in [7, 11) is 0. The van der Waals surface area contributed by atoms with Gasteiger partial charge in [0.15, 0.2) is 0 Å². The van der Waals surface area contributed by atoms with Crippen LogP contribution in [0.3, 0.4) is 0 Å². The number of piperidine rings is 1. The van der Waals surface area contributed by atoms with Crippen molar-refractivity contribution in [2.24, 2.45) is 0 Å². The van der Waals surface area contributed by atoms with Gasteiger partial charge in [0, 0.05) is 35.6 Å². The Morgan fingerprint density at radius 2 is 1.85 bits per heavy atom. The molecular weight excluding hydrogens is 328 g/mol. The van der Waals surface area contributed by atoms with Crippen molar-refractivity contribution in [1.29, 1.82) is 0 Å². The van der Waals surface area contributed by atoms with E-state index in [1.54, 1.807) is 18.2 Å². The number of tetrazole rings is 1. The van der Waals surface area contributed by atoms with Crippen LogP contribution >= 0.6 is 0 Å². The molecule has 0 radical (unpaired) electrons. The lowest BCUT2D eigenvalue weighted by Gasteiger charge is -2.28. The number of aromatic nitrogens is 4. The van der Waals surface area contributed by atoms with E-state index in [1.165, 1.54) is 24.9 Å². The van der Waals surface area contributed by atoms with Crippen molar-refractivity contribution in [1.82, 2.24) is 20.6 Å². The number of nitrogens with one attached hydrogen (secondary N) is 2. The van der Waals surface area contributed by atoms with Gasteiger partial charge in [0.25, 0.3) is 5.91 Å². The second-order valence-electron chi connectivity index (χ2n) is 6.36. The van der Waals surface area contributed by atoms with Gasteiger partial charge in [-0.3, -0.25) is 4.79 Å². The van der Waals surface area contributed by atoms with Crippen molar-refractivity contribution < 1.29 is 4.79 Å². The molecule has 1 aliphatic rings. The van der Waals surface area contributed by atoms with Crippen LogP contribution in [0.5, 0.6) is 0 Å². The number of aromatic amines is 1. The average molecular weight is 348 g/mol. The third-order valence-corrected chi connectivity index (χ3v) is 4.57. The van der Waals surface area contributed by atoms with Gasteiger partial charge in [-0.25, -0.2) is 0 Å². The average Bonchev–Trinajstić information content (AvgIpc) is 3.24. The summed E-state index contributed by atoms with van der Waals surface area (Å²) in [5, 5.41) is 16.8. The quantitative estimate of drug-likeness (QED) is 0.756. The zero-order chi connectivity index (χ0) is 17.8. The molecule has 26 heavy (non-hydrogen) atoms. The first-order valence-corrected chi connectivity index (χ1v) is 8.80. The van der Waals surface area contributed by atoms with E-state index in [2.05, 4.69) is 43.0 Å². The summed E-state index contributed by atoms with van der Waals surface area (Å²) in [5.41, 5.74) is 3.28. The van der Waals surface area contributed by atoms with Crippen LogP contribution in [-0.4, -0.2) is 39.6 Å². The van der Waals surface area contributed by atoms with E-state index in [0.717, 1.165) is 24.3 Å². The maximum Gasteiger partial charge on any atom is 0.255 e. The normalized spacial score (nSPS) is 14.2. The first kappa shape index (κ1) is 16.3. The molecule has 0 atom stereocenters. The highest BCUT2D eigenvalue weighted by Gasteiger charge is 2.12. The van der Waals surface area contributed by atoms with Crippen molar-refractivity contribution in [3.05, 3.63) is 54.1 Å². The molecule has 3 aromatic rings. The summed E-state index contributed by atoms with van der Waals surface area (Å²) in [6, 6.07) is 15.2. The number of H-pyrrole nitrogens is 1. The van der Waals surface area contributed by atoms with Crippen molar-refractivity contribution in [3.63, 3.8) is 0 Å². The smallest absolute Gasteiger partial charge is 0.255 e. The number of carbonyl (C=O) groups is 1. The van der Waals surface area contributed by atoms with Crippen molar-refractivity contribution in [2.45, 2.75) is 19.3 Å². The van der Waals surface area contributed by atoms with Gasteiger partial charge >= 0.3 is 0 Å². The number of carbonyl (C=O) groups excluding carboxylic acids is 1. The number of amides is 1. The van der Waals surface area contributed by atoms with Gasteiger partial charge in [-0.15, -0.1) is 10.2 Å². The van der Waals surface area contributed by atoms with Crippen molar-refractivity contribution in [3.8, 4) is 11.4 Å². The highest BCUT2D eigenvalue weighted by atomic mass is 16.1. The van der Waals surface area contributed by atoms with Crippen LogP contribution < -0.4 is 10.2 Å². The molecular formula is C19H20N6O. The Balaban J connectivity index is 1.45. The number of hydrogen-bond donors (Lipinski definition) is 2. The first-order chi connectivity index (χ1) is 12.8. The van der Waals surface area contributed by atoms with E-state index < -0.39 is 0 Å². The molecule has 0 bridgehead atoms. The van der Waals surface area contributed by atoms with E-state index in [-0.39, 0.29) is 5.91 Å². The van der Waals surface area contributed by atoms with Gasteiger partial charge in [0.05, 0.1) is 0 Å². The summed E-state index contributed by atoms with van der Waals surface area (Å²) in [5.74, 6) is 0.298. The first-order valence-electron chi connectivity index (χ1n) is 8.80. The predicted octanol–water partition coefficient (Wildman–Crippen LogP) is 3.11. The molecule has 1 saturated heterocycles. The van der Waals surface area contributed by atoms with Crippen LogP contribution in [0.2, 0.25) is 0 Å². The van der Waals surface area contributed by atoms with Crippen LogP contribution in [0.15, 0.2) is 48.5 Å². The Morgan fingerprint density at radius 1 is 1.04 bits per heavy atom. The Bertz CT molecular complexity index is 869. The van der Waals surface area contributed by atoms with Gasteiger partial charge in [-0.2, -0.15) is 5.21 Å². The number of benzene rings is 2. The molecule has 2 aromatic carbocycles. The maximum absolute atomic E-state index is 12.5. The van der Waals surface area contributed by atoms with Crippen LogP contribution in [0.4, 0.5) is 11.4 Å². The molecule has 0 saturated carbocycles. The number of nitrogens with zero attached hydrogens (tertiary/aromatic N) is 4. The minimum absolute atomic E-state index is 0.166. The zero-order valence-corrected chi connectivity index (χ0v) is 14.4. The third-order valence-electron chi connectivity index (χ3n) is 4.57. The second kappa shape index (κ2) is 7.35. The summed E-state index contributed by atoms with van der Waals surface area (Å²) in [6.45, 7) is 2.21. The van der Waals surface area contributed by atoms with E-state index in [0.29, 0.717) is 11.4 Å². The Hall–Kier alpha value is -3.22. The number of anilines is 2. The molecule has 0 spiro atoms. The summed E-state index contributed by atoms with van der Waals surface area (Å²) < 4.78 is 0. The highest BCUT2D eigenvalue weighted by Crippen LogP contribution is 2.22. The molecule has 7 heteroatoms. The van der Waals surface area contributed by atoms with Crippen LogP contribution in [0.1, 0.15) is 29.6 Å². The molecule has 132 valence electrons. The van der Waals surface area contributed by atoms with Crippen molar-refractivity contribution in [2.75, 3.05) is 23.3 Å². The molecule has 4 rings (SSSR count). The summed E-state index contributed by atoms with van der Waals surface area (Å²) in [4.78, 5) is 14.9. The Kier molecular flexibility index (Phi) is 4.59. The van der Waals surface area contributed by atoms with Gasteiger partial charge in [-0.1, -0.05) is 12.1 Å². The highest BCUT2D eigenvalue weighted by molar-refractivity contribution is 6.04. The lowest BCUT2D eigenvalue weighted by molar-refractivity contribution is 0.102. The molecule has 7 nitrogen and oxygen atoms in total. The summed E-state index contributed by atoms with van der Waals surface area (Å²) in [6.07, 6.45) is 3.80.